The molecule has 5 nitrogen and oxygen atoms in total. The van der Waals surface area contributed by atoms with Gasteiger partial charge < -0.3 is 19.8 Å². The van der Waals surface area contributed by atoms with Crippen LogP contribution in [0.5, 0.6) is 5.75 Å². The summed E-state index contributed by atoms with van der Waals surface area (Å²) < 4.78 is 0. The Morgan fingerprint density at radius 3 is 2.26 bits per heavy atom. The quantitative estimate of drug-likeness (QED) is 0.439. The molecule has 4 aromatic rings. The van der Waals surface area contributed by atoms with Crippen molar-refractivity contribution in [2.75, 3.05) is 21.4 Å². The number of phenols is 1. The van der Waals surface area contributed by atoms with Crippen molar-refractivity contribution in [1.82, 2.24) is 4.98 Å². The van der Waals surface area contributed by atoms with E-state index in [0.717, 1.165) is 28.6 Å². The van der Waals surface area contributed by atoms with E-state index in [1.807, 2.05) is 79.0 Å². The minimum absolute atomic E-state index is 0.235. The first-order valence-electron chi connectivity index (χ1n) is 10.2. The van der Waals surface area contributed by atoms with Crippen molar-refractivity contribution in [1.29, 1.82) is 0 Å². The Kier molecular flexibility index (Phi) is 4.99. The highest BCUT2D eigenvalue weighted by molar-refractivity contribution is 5.81. The van der Waals surface area contributed by atoms with Crippen molar-refractivity contribution in [2.24, 2.45) is 0 Å². The Hall–Kier alpha value is -4.25. The fourth-order valence-electron chi connectivity index (χ4n) is 3.73. The summed E-state index contributed by atoms with van der Waals surface area (Å²) in [5.74, 6) is 1.15. The standard InChI is InChI=1S/C26H22N4O/c31-25-14-5-4-13-24(25)30(21-9-2-1-3-10-21)23-12-8-11-22(19-23)28-17-18-29(20-28)26-15-6-7-16-27-26/h1-19,31H,20H2. The zero-order valence-corrected chi connectivity index (χ0v) is 16.9. The molecule has 5 rings (SSSR count). The molecule has 1 N–H and O–H groups in total. The number of anilines is 5. The molecule has 0 unspecified atom stereocenters. The number of benzene rings is 3. The highest BCUT2D eigenvalue weighted by Crippen LogP contribution is 2.40. The third kappa shape index (κ3) is 3.81. The maximum atomic E-state index is 10.6. The normalized spacial score (nSPS) is 12.9. The third-order valence-electron chi connectivity index (χ3n) is 5.23. The molecule has 0 atom stereocenters. The third-order valence-corrected chi connectivity index (χ3v) is 5.23. The molecule has 1 aromatic heterocycles. The van der Waals surface area contributed by atoms with Gasteiger partial charge in [-0.3, -0.25) is 0 Å². The van der Waals surface area contributed by atoms with Gasteiger partial charge in [-0.05, 0) is 54.6 Å². The summed E-state index contributed by atoms with van der Waals surface area (Å²) in [5.41, 5.74) is 3.74. The van der Waals surface area contributed by atoms with Gasteiger partial charge >= 0.3 is 0 Å². The summed E-state index contributed by atoms with van der Waals surface area (Å²) in [6.07, 6.45) is 5.89. The molecule has 0 aliphatic carbocycles. The molecule has 0 fully saturated rings. The lowest BCUT2D eigenvalue weighted by Gasteiger charge is -2.27. The number of phenolic OH excluding ortho intramolecular Hbond substituents is 1. The smallest absolute Gasteiger partial charge is 0.139 e. The summed E-state index contributed by atoms with van der Waals surface area (Å²) in [6, 6.07) is 31.7. The van der Waals surface area contributed by atoms with Gasteiger partial charge in [-0.1, -0.05) is 42.5 Å². The van der Waals surface area contributed by atoms with Gasteiger partial charge in [0.2, 0.25) is 0 Å². The summed E-state index contributed by atoms with van der Waals surface area (Å²) in [7, 11) is 0. The molecule has 0 radical (unpaired) electrons. The lowest BCUT2D eigenvalue weighted by atomic mass is 10.1. The van der Waals surface area contributed by atoms with Crippen LogP contribution in [-0.2, 0) is 0 Å². The molecule has 5 heteroatoms. The first-order chi connectivity index (χ1) is 15.3. The average molecular weight is 406 g/mol. The van der Waals surface area contributed by atoms with E-state index in [1.165, 1.54) is 0 Å². The Labute approximate surface area is 181 Å². The second-order valence-electron chi connectivity index (χ2n) is 7.25. The van der Waals surface area contributed by atoms with Crippen LogP contribution in [0.25, 0.3) is 0 Å². The van der Waals surface area contributed by atoms with Gasteiger partial charge in [-0.2, -0.15) is 0 Å². The number of hydrogen-bond donors (Lipinski definition) is 1. The second-order valence-corrected chi connectivity index (χ2v) is 7.25. The van der Waals surface area contributed by atoms with Crippen molar-refractivity contribution in [3.8, 4) is 5.75 Å². The van der Waals surface area contributed by atoms with Gasteiger partial charge in [0.15, 0.2) is 0 Å². The Bertz CT molecular complexity index is 1190. The molecule has 152 valence electrons. The van der Waals surface area contributed by atoms with E-state index in [4.69, 9.17) is 0 Å². The van der Waals surface area contributed by atoms with Crippen LogP contribution in [0.3, 0.4) is 0 Å². The van der Waals surface area contributed by atoms with Crippen molar-refractivity contribution in [2.45, 2.75) is 0 Å². The molecular weight excluding hydrogens is 384 g/mol. The molecule has 3 aromatic carbocycles. The number of pyridine rings is 1. The van der Waals surface area contributed by atoms with Crippen molar-refractivity contribution in [3.63, 3.8) is 0 Å². The lowest BCUT2D eigenvalue weighted by molar-refractivity contribution is 0.476. The second kappa shape index (κ2) is 8.24. The summed E-state index contributed by atoms with van der Waals surface area (Å²) >= 11 is 0. The monoisotopic (exact) mass is 406 g/mol. The minimum atomic E-state index is 0.235. The fourth-order valence-corrected chi connectivity index (χ4v) is 3.73. The molecule has 2 heterocycles. The molecule has 0 amide bonds. The molecular formula is C26H22N4O. The lowest BCUT2D eigenvalue weighted by Crippen LogP contribution is -2.25. The molecule has 0 saturated heterocycles. The largest absolute Gasteiger partial charge is 0.506 e. The predicted molar refractivity (Wildman–Crippen MR) is 126 cm³/mol. The SMILES string of the molecule is Oc1ccccc1N(c1ccccc1)c1cccc(N2C=CN(c3ccccn3)C2)c1. The summed E-state index contributed by atoms with van der Waals surface area (Å²) in [4.78, 5) is 10.8. The van der Waals surface area contributed by atoms with Crippen LogP contribution in [0.15, 0.2) is 116 Å². The molecule has 1 aliphatic rings. The topological polar surface area (TPSA) is 42.8 Å². The predicted octanol–water partition coefficient (Wildman–Crippen LogP) is 6.01. The van der Waals surface area contributed by atoms with Gasteiger partial charge in [0, 0.05) is 35.7 Å². The van der Waals surface area contributed by atoms with Crippen LogP contribution >= 0.6 is 0 Å². The van der Waals surface area contributed by atoms with Crippen LogP contribution in [0, 0.1) is 0 Å². The van der Waals surface area contributed by atoms with E-state index in [-0.39, 0.29) is 5.75 Å². The summed E-state index contributed by atoms with van der Waals surface area (Å²) in [5, 5.41) is 10.6. The number of nitrogens with zero attached hydrogens (tertiary/aromatic N) is 4. The van der Waals surface area contributed by atoms with Gasteiger partial charge in [0.1, 0.15) is 18.2 Å². The van der Waals surface area contributed by atoms with Gasteiger partial charge in [-0.25, -0.2) is 4.98 Å². The van der Waals surface area contributed by atoms with Crippen LogP contribution < -0.4 is 14.7 Å². The summed E-state index contributed by atoms with van der Waals surface area (Å²) in [6.45, 7) is 0.683. The van der Waals surface area contributed by atoms with Crippen molar-refractivity contribution in [3.05, 3.63) is 116 Å². The molecule has 0 bridgehead atoms. The van der Waals surface area contributed by atoms with Crippen molar-refractivity contribution >= 4 is 28.6 Å². The highest BCUT2D eigenvalue weighted by atomic mass is 16.3. The maximum absolute atomic E-state index is 10.6. The number of aromatic hydroxyl groups is 1. The van der Waals surface area contributed by atoms with Gasteiger partial charge in [0.25, 0.3) is 0 Å². The Balaban J connectivity index is 1.49. The average Bonchev–Trinajstić information content (AvgIpc) is 3.33. The zero-order valence-electron chi connectivity index (χ0n) is 16.9. The van der Waals surface area contributed by atoms with E-state index in [1.54, 1.807) is 12.3 Å². The first-order valence-corrected chi connectivity index (χ1v) is 10.2. The number of para-hydroxylation sites is 3. The van der Waals surface area contributed by atoms with Crippen LogP contribution in [0.2, 0.25) is 0 Å². The van der Waals surface area contributed by atoms with Crippen LogP contribution in [0.1, 0.15) is 0 Å². The Morgan fingerprint density at radius 1 is 0.710 bits per heavy atom. The van der Waals surface area contributed by atoms with E-state index in [9.17, 15) is 5.11 Å². The van der Waals surface area contributed by atoms with Gasteiger partial charge in [-0.15, -0.1) is 0 Å². The highest BCUT2D eigenvalue weighted by Gasteiger charge is 2.19. The minimum Gasteiger partial charge on any atom is -0.506 e. The van der Waals surface area contributed by atoms with E-state index >= 15 is 0 Å². The molecule has 0 spiro atoms. The number of aromatic nitrogens is 1. The van der Waals surface area contributed by atoms with Crippen molar-refractivity contribution < 1.29 is 5.11 Å². The maximum Gasteiger partial charge on any atom is 0.139 e. The van der Waals surface area contributed by atoms with E-state index < -0.39 is 0 Å². The molecule has 0 saturated carbocycles. The van der Waals surface area contributed by atoms with E-state index in [0.29, 0.717) is 6.67 Å². The zero-order chi connectivity index (χ0) is 21.0. The fraction of sp³-hybridized carbons (Fsp3) is 0.0385. The number of rotatable bonds is 5. The molecule has 31 heavy (non-hydrogen) atoms. The Morgan fingerprint density at radius 2 is 1.45 bits per heavy atom. The van der Waals surface area contributed by atoms with Crippen LogP contribution in [0.4, 0.5) is 28.6 Å². The molecule has 1 aliphatic heterocycles. The van der Waals surface area contributed by atoms with E-state index in [2.05, 4.69) is 44.1 Å². The first kappa shape index (κ1) is 18.8. The van der Waals surface area contributed by atoms with Gasteiger partial charge in [0.05, 0.1) is 5.69 Å². The van der Waals surface area contributed by atoms with Crippen LogP contribution in [-0.4, -0.2) is 16.8 Å². The number of hydrogen-bond acceptors (Lipinski definition) is 5.